The molecular formula is C15H22N2O3. The van der Waals surface area contributed by atoms with E-state index >= 15 is 0 Å². The Balaban J connectivity index is 1.73. The Morgan fingerprint density at radius 3 is 2.80 bits per heavy atom. The van der Waals surface area contributed by atoms with Crippen LogP contribution in [0.1, 0.15) is 25.3 Å². The van der Waals surface area contributed by atoms with Crippen molar-refractivity contribution < 1.29 is 14.3 Å². The van der Waals surface area contributed by atoms with Gasteiger partial charge in [-0.1, -0.05) is 12.1 Å². The summed E-state index contributed by atoms with van der Waals surface area (Å²) in [6.45, 7) is 3.27. The van der Waals surface area contributed by atoms with Crippen molar-refractivity contribution in [1.82, 2.24) is 10.6 Å². The van der Waals surface area contributed by atoms with Crippen molar-refractivity contribution in [3.63, 3.8) is 0 Å². The summed E-state index contributed by atoms with van der Waals surface area (Å²) < 4.78 is 10.6. The smallest absolute Gasteiger partial charge is 0.315 e. The zero-order chi connectivity index (χ0) is 14.4. The van der Waals surface area contributed by atoms with E-state index in [-0.39, 0.29) is 18.2 Å². The number of benzene rings is 1. The lowest BCUT2D eigenvalue weighted by atomic mass is 10.1. The van der Waals surface area contributed by atoms with E-state index in [0.29, 0.717) is 6.54 Å². The van der Waals surface area contributed by atoms with E-state index in [1.807, 2.05) is 31.2 Å². The fraction of sp³-hybridized carbons (Fsp3) is 0.533. The Bertz CT molecular complexity index is 427. The summed E-state index contributed by atoms with van der Waals surface area (Å²) in [6, 6.07) is 7.50. The van der Waals surface area contributed by atoms with Crippen LogP contribution in [0, 0.1) is 0 Å². The minimum Gasteiger partial charge on any atom is -0.497 e. The Hall–Kier alpha value is -1.75. The van der Waals surface area contributed by atoms with Crippen LogP contribution >= 0.6 is 0 Å². The lowest BCUT2D eigenvalue weighted by Gasteiger charge is -2.20. The number of hydrogen-bond acceptors (Lipinski definition) is 3. The third-order valence-corrected chi connectivity index (χ3v) is 3.49. The number of urea groups is 1. The van der Waals surface area contributed by atoms with Crippen LogP contribution in [0.4, 0.5) is 4.79 Å². The number of methoxy groups -OCH3 is 1. The van der Waals surface area contributed by atoms with Crippen molar-refractivity contribution in [2.75, 3.05) is 13.7 Å². The molecule has 0 aliphatic carbocycles. The largest absolute Gasteiger partial charge is 0.497 e. The molecule has 2 rings (SSSR count). The maximum absolute atomic E-state index is 11.8. The standard InChI is InChI=1S/C15H22N2O3/c1-11(14-4-3-9-20-14)17-15(18)16-10-12-5-7-13(19-2)8-6-12/h5-8,11,14H,3-4,9-10H2,1-2H3,(H2,16,17,18). The molecule has 1 aromatic carbocycles. The molecule has 1 aliphatic heterocycles. The molecule has 110 valence electrons. The van der Waals surface area contributed by atoms with Gasteiger partial charge in [-0.2, -0.15) is 0 Å². The minimum atomic E-state index is -0.163. The van der Waals surface area contributed by atoms with E-state index in [1.54, 1.807) is 7.11 Å². The van der Waals surface area contributed by atoms with Crippen molar-refractivity contribution in [2.45, 2.75) is 38.5 Å². The van der Waals surface area contributed by atoms with Crippen molar-refractivity contribution in [1.29, 1.82) is 0 Å². The highest BCUT2D eigenvalue weighted by Gasteiger charge is 2.23. The SMILES string of the molecule is COc1ccc(CNC(=O)NC(C)C2CCCO2)cc1. The Morgan fingerprint density at radius 2 is 2.20 bits per heavy atom. The first-order chi connectivity index (χ1) is 9.69. The lowest BCUT2D eigenvalue weighted by molar-refractivity contribution is 0.0860. The van der Waals surface area contributed by atoms with Gasteiger partial charge < -0.3 is 20.1 Å². The average molecular weight is 278 g/mol. The normalized spacial score (nSPS) is 19.4. The molecule has 0 spiro atoms. The Kier molecular flexibility index (Phi) is 5.24. The molecule has 20 heavy (non-hydrogen) atoms. The zero-order valence-electron chi connectivity index (χ0n) is 12.0. The van der Waals surface area contributed by atoms with Gasteiger partial charge in [0, 0.05) is 13.2 Å². The molecule has 1 saturated heterocycles. The van der Waals surface area contributed by atoms with Crippen LogP contribution < -0.4 is 15.4 Å². The van der Waals surface area contributed by atoms with Crippen molar-refractivity contribution in [3.05, 3.63) is 29.8 Å². The number of rotatable bonds is 5. The average Bonchev–Trinajstić information content (AvgIpc) is 3.00. The highest BCUT2D eigenvalue weighted by Crippen LogP contribution is 2.15. The molecule has 5 nitrogen and oxygen atoms in total. The number of hydrogen-bond donors (Lipinski definition) is 2. The quantitative estimate of drug-likeness (QED) is 0.866. The fourth-order valence-electron chi connectivity index (χ4n) is 2.27. The molecule has 1 aromatic rings. The van der Waals surface area contributed by atoms with Crippen molar-refractivity contribution >= 4 is 6.03 Å². The van der Waals surface area contributed by atoms with Gasteiger partial charge in [0.2, 0.25) is 0 Å². The first kappa shape index (κ1) is 14.7. The van der Waals surface area contributed by atoms with Gasteiger partial charge in [-0.25, -0.2) is 4.79 Å². The van der Waals surface area contributed by atoms with Gasteiger partial charge in [0.25, 0.3) is 0 Å². The first-order valence-corrected chi connectivity index (χ1v) is 6.98. The fourth-order valence-corrected chi connectivity index (χ4v) is 2.27. The monoisotopic (exact) mass is 278 g/mol. The molecule has 0 bridgehead atoms. The molecule has 2 atom stereocenters. The van der Waals surface area contributed by atoms with Crippen LogP contribution in [0.3, 0.4) is 0 Å². The molecule has 1 aliphatic rings. The molecule has 1 heterocycles. The second kappa shape index (κ2) is 7.14. The second-order valence-corrected chi connectivity index (χ2v) is 5.02. The summed E-state index contributed by atoms with van der Waals surface area (Å²) in [5, 5.41) is 5.76. The topological polar surface area (TPSA) is 59.6 Å². The number of carbonyl (C=O) groups is 1. The van der Waals surface area contributed by atoms with Gasteiger partial charge in [0.05, 0.1) is 19.3 Å². The van der Waals surface area contributed by atoms with Crippen LogP contribution in [-0.4, -0.2) is 31.9 Å². The maximum atomic E-state index is 11.8. The van der Waals surface area contributed by atoms with Crippen LogP contribution in [-0.2, 0) is 11.3 Å². The molecule has 1 fully saturated rings. The summed E-state index contributed by atoms with van der Waals surface area (Å²) in [4.78, 5) is 11.8. The summed E-state index contributed by atoms with van der Waals surface area (Å²) in [5.74, 6) is 0.810. The molecule has 2 unspecified atom stereocenters. The van der Waals surface area contributed by atoms with Crippen LogP contribution in [0.25, 0.3) is 0 Å². The summed E-state index contributed by atoms with van der Waals surface area (Å²) in [5.41, 5.74) is 1.03. The second-order valence-electron chi connectivity index (χ2n) is 5.02. The number of carbonyl (C=O) groups excluding carboxylic acids is 1. The van der Waals surface area contributed by atoms with E-state index in [9.17, 15) is 4.79 Å². The lowest BCUT2D eigenvalue weighted by Crippen LogP contribution is -2.45. The molecule has 2 amide bonds. The van der Waals surface area contributed by atoms with Gasteiger partial charge in [-0.15, -0.1) is 0 Å². The van der Waals surface area contributed by atoms with E-state index in [0.717, 1.165) is 30.8 Å². The third kappa shape index (κ3) is 4.13. The molecule has 0 aromatic heterocycles. The maximum Gasteiger partial charge on any atom is 0.315 e. The number of ether oxygens (including phenoxy) is 2. The molecule has 0 saturated carbocycles. The van der Waals surface area contributed by atoms with E-state index in [2.05, 4.69) is 10.6 Å². The molecule has 2 N–H and O–H groups in total. The van der Waals surface area contributed by atoms with Gasteiger partial charge >= 0.3 is 6.03 Å². The van der Waals surface area contributed by atoms with Crippen LogP contribution in [0.15, 0.2) is 24.3 Å². The van der Waals surface area contributed by atoms with Crippen LogP contribution in [0.2, 0.25) is 0 Å². The van der Waals surface area contributed by atoms with Crippen LogP contribution in [0.5, 0.6) is 5.75 Å². The molecule has 0 radical (unpaired) electrons. The molecule has 5 heteroatoms. The number of amides is 2. The van der Waals surface area contributed by atoms with Gasteiger partial charge in [0.1, 0.15) is 5.75 Å². The van der Waals surface area contributed by atoms with Crippen molar-refractivity contribution in [2.24, 2.45) is 0 Å². The number of nitrogens with one attached hydrogen (secondary N) is 2. The van der Waals surface area contributed by atoms with E-state index < -0.39 is 0 Å². The first-order valence-electron chi connectivity index (χ1n) is 6.98. The van der Waals surface area contributed by atoms with E-state index in [1.165, 1.54) is 0 Å². The minimum absolute atomic E-state index is 0.0355. The zero-order valence-corrected chi connectivity index (χ0v) is 12.0. The van der Waals surface area contributed by atoms with Gasteiger partial charge in [-0.05, 0) is 37.5 Å². The van der Waals surface area contributed by atoms with E-state index in [4.69, 9.17) is 9.47 Å². The van der Waals surface area contributed by atoms with Gasteiger partial charge in [-0.3, -0.25) is 0 Å². The Morgan fingerprint density at radius 1 is 1.45 bits per heavy atom. The van der Waals surface area contributed by atoms with Crippen molar-refractivity contribution in [3.8, 4) is 5.75 Å². The Labute approximate surface area is 119 Å². The predicted octanol–water partition coefficient (Wildman–Crippen LogP) is 2.06. The third-order valence-electron chi connectivity index (χ3n) is 3.49. The molecular weight excluding hydrogens is 256 g/mol. The highest BCUT2D eigenvalue weighted by molar-refractivity contribution is 5.74. The summed E-state index contributed by atoms with van der Waals surface area (Å²) in [7, 11) is 1.63. The summed E-state index contributed by atoms with van der Waals surface area (Å²) >= 11 is 0. The van der Waals surface area contributed by atoms with Gasteiger partial charge in [0.15, 0.2) is 0 Å². The highest BCUT2D eigenvalue weighted by atomic mass is 16.5. The predicted molar refractivity (Wildman–Crippen MR) is 76.8 cm³/mol. The summed E-state index contributed by atoms with van der Waals surface area (Å²) in [6.07, 6.45) is 2.23.